The minimum atomic E-state index is -0.655. The topological polar surface area (TPSA) is 67.6 Å². The highest BCUT2D eigenvalue weighted by molar-refractivity contribution is 6.33. The van der Waals surface area contributed by atoms with Crippen molar-refractivity contribution in [3.05, 3.63) is 87.3 Å². The Morgan fingerprint density at radius 1 is 1.17 bits per heavy atom. The summed E-state index contributed by atoms with van der Waals surface area (Å²) in [5, 5.41) is 14.9. The normalized spacial score (nSPS) is 11.9. The van der Waals surface area contributed by atoms with Crippen molar-refractivity contribution in [2.45, 2.75) is 19.1 Å². The number of hydrogen-bond acceptors (Lipinski definition) is 5. The Labute approximate surface area is 174 Å². The number of benzene rings is 2. The van der Waals surface area contributed by atoms with E-state index in [9.17, 15) is 9.90 Å². The quantitative estimate of drug-likeness (QED) is 0.611. The van der Waals surface area contributed by atoms with Crippen LogP contribution in [0.5, 0.6) is 5.75 Å². The summed E-state index contributed by atoms with van der Waals surface area (Å²) in [6.07, 6.45) is 1.40. The molecule has 6 nitrogen and oxygen atoms in total. The molecule has 0 aliphatic heterocycles. The van der Waals surface area contributed by atoms with Crippen LogP contribution in [0.25, 0.3) is 0 Å². The van der Waals surface area contributed by atoms with Gasteiger partial charge in [0.15, 0.2) is 0 Å². The SMILES string of the molecule is COc1ccc(C(O)CCN(Cc2ccccc2)c2cnn(C)c(=O)c2Cl)cc1. The van der Waals surface area contributed by atoms with E-state index in [0.717, 1.165) is 16.9 Å². The van der Waals surface area contributed by atoms with Gasteiger partial charge in [0.2, 0.25) is 0 Å². The predicted octanol–water partition coefficient (Wildman–Crippen LogP) is 3.57. The van der Waals surface area contributed by atoms with E-state index in [-0.39, 0.29) is 10.6 Å². The summed E-state index contributed by atoms with van der Waals surface area (Å²) in [6, 6.07) is 17.2. The van der Waals surface area contributed by atoms with Crippen molar-refractivity contribution in [3.63, 3.8) is 0 Å². The first kappa shape index (κ1) is 20.9. The predicted molar refractivity (Wildman–Crippen MR) is 115 cm³/mol. The van der Waals surface area contributed by atoms with Crippen LogP contribution in [0.1, 0.15) is 23.7 Å². The van der Waals surface area contributed by atoms with Gasteiger partial charge in [0, 0.05) is 20.1 Å². The molecule has 2 aromatic carbocycles. The van der Waals surface area contributed by atoms with E-state index in [0.29, 0.717) is 25.2 Å². The minimum Gasteiger partial charge on any atom is -0.497 e. The Bertz CT molecular complexity index is 990. The number of ether oxygens (including phenoxy) is 1. The van der Waals surface area contributed by atoms with E-state index in [4.69, 9.17) is 16.3 Å². The Morgan fingerprint density at radius 2 is 1.86 bits per heavy atom. The van der Waals surface area contributed by atoms with Crippen molar-refractivity contribution >= 4 is 17.3 Å². The highest BCUT2D eigenvalue weighted by Gasteiger charge is 2.17. The number of rotatable bonds is 8. The molecule has 0 spiro atoms. The lowest BCUT2D eigenvalue weighted by atomic mass is 10.1. The number of halogens is 1. The first-order valence-corrected chi connectivity index (χ1v) is 9.70. The van der Waals surface area contributed by atoms with E-state index in [1.54, 1.807) is 20.4 Å². The fraction of sp³-hybridized carbons (Fsp3) is 0.273. The van der Waals surface area contributed by atoms with Crippen molar-refractivity contribution in [2.75, 3.05) is 18.6 Å². The van der Waals surface area contributed by atoms with Gasteiger partial charge in [-0.05, 0) is 29.7 Å². The Balaban J connectivity index is 1.81. The molecule has 0 saturated heterocycles. The van der Waals surface area contributed by atoms with E-state index in [1.165, 1.54) is 4.68 Å². The molecule has 1 unspecified atom stereocenters. The van der Waals surface area contributed by atoms with Gasteiger partial charge in [0.1, 0.15) is 10.8 Å². The molecule has 1 aromatic heterocycles. The van der Waals surface area contributed by atoms with Gasteiger partial charge in [0.25, 0.3) is 5.56 Å². The second-order valence-corrected chi connectivity index (χ2v) is 7.14. The van der Waals surface area contributed by atoms with Crippen molar-refractivity contribution < 1.29 is 9.84 Å². The molecule has 1 atom stereocenters. The molecule has 0 aliphatic rings. The third-order valence-electron chi connectivity index (χ3n) is 4.79. The number of anilines is 1. The van der Waals surface area contributed by atoms with Crippen LogP contribution in [0, 0.1) is 0 Å². The first-order valence-electron chi connectivity index (χ1n) is 9.32. The molecule has 0 aliphatic carbocycles. The molecular formula is C22H24ClN3O3. The molecule has 152 valence electrons. The smallest absolute Gasteiger partial charge is 0.287 e. The molecule has 0 bridgehead atoms. The van der Waals surface area contributed by atoms with Crippen molar-refractivity contribution in [3.8, 4) is 5.75 Å². The van der Waals surface area contributed by atoms with Crippen LogP contribution in [0.4, 0.5) is 5.69 Å². The number of methoxy groups -OCH3 is 1. The van der Waals surface area contributed by atoms with E-state index in [1.807, 2.05) is 59.5 Å². The summed E-state index contributed by atoms with van der Waals surface area (Å²) in [4.78, 5) is 14.2. The average molecular weight is 414 g/mol. The second-order valence-electron chi connectivity index (χ2n) is 6.76. The Kier molecular flexibility index (Phi) is 6.90. The maximum absolute atomic E-state index is 12.2. The maximum atomic E-state index is 12.2. The molecule has 3 aromatic rings. The monoisotopic (exact) mass is 413 g/mol. The summed E-state index contributed by atoms with van der Waals surface area (Å²) in [6.45, 7) is 1.04. The van der Waals surface area contributed by atoms with Crippen molar-refractivity contribution in [1.29, 1.82) is 0 Å². The lowest BCUT2D eigenvalue weighted by molar-refractivity contribution is 0.169. The largest absolute Gasteiger partial charge is 0.497 e. The zero-order chi connectivity index (χ0) is 20.8. The van der Waals surface area contributed by atoms with Gasteiger partial charge in [0.05, 0.1) is 25.1 Å². The van der Waals surface area contributed by atoms with Crippen LogP contribution >= 0.6 is 11.6 Å². The fourth-order valence-electron chi connectivity index (χ4n) is 3.08. The number of aromatic nitrogens is 2. The van der Waals surface area contributed by atoms with Crippen LogP contribution in [0.2, 0.25) is 5.02 Å². The molecule has 3 rings (SSSR count). The summed E-state index contributed by atoms with van der Waals surface area (Å²) in [7, 11) is 3.17. The highest BCUT2D eigenvalue weighted by Crippen LogP contribution is 2.26. The van der Waals surface area contributed by atoms with Gasteiger partial charge in [-0.3, -0.25) is 4.79 Å². The standard InChI is InChI=1S/C22H24ClN3O3/c1-25-22(28)21(23)19(14-24-25)26(15-16-6-4-3-5-7-16)13-12-20(27)17-8-10-18(29-2)11-9-17/h3-11,14,20,27H,12-13,15H2,1-2H3. The van der Waals surface area contributed by atoms with Crippen LogP contribution in [0.3, 0.4) is 0 Å². The lowest BCUT2D eigenvalue weighted by Gasteiger charge is -2.26. The highest BCUT2D eigenvalue weighted by atomic mass is 35.5. The molecular weight excluding hydrogens is 390 g/mol. The molecule has 1 heterocycles. The third-order valence-corrected chi connectivity index (χ3v) is 5.15. The summed E-state index contributed by atoms with van der Waals surface area (Å²) in [5.74, 6) is 0.740. The number of hydrogen-bond donors (Lipinski definition) is 1. The molecule has 1 N–H and O–H groups in total. The average Bonchev–Trinajstić information content (AvgIpc) is 2.76. The van der Waals surface area contributed by atoms with E-state index in [2.05, 4.69) is 5.10 Å². The summed E-state index contributed by atoms with van der Waals surface area (Å²) in [5.41, 5.74) is 2.08. The number of aliphatic hydroxyl groups excluding tert-OH is 1. The molecule has 29 heavy (non-hydrogen) atoms. The molecule has 0 fully saturated rings. The van der Waals surface area contributed by atoms with Gasteiger partial charge in [-0.15, -0.1) is 0 Å². The summed E-state index contributed by atoms with van der Waals surface area (Å²) >= 11 is 6.33. The third kappa shape index (κ3) is 5.16. The number of aliphatic hydroxyl groups is 1. The Hall–Kier alpha value is -2.83. The van der Waals surface area contributed by atoms with Crippen LogP contribution in [-0.4, -0.2) is 28.5 Å². The second kappa shape index (κ2) is 9.58. The zero-order valence-corrected chi connectivity index (χ0v) is 17.2. The molecule has 0 saturated carbocycles. The molecule has 0 amide bonds. The van der Waals surface area contributed by atoms with Gasteiger partial charge in [-0.1, -0.05) is 54.1 Å². The van der Waals surface area contributed by atoms with Crippen molar-refractivity contribution in [1.82, 2.24) is 9.78 Å². The maximum Gasteiger partial charge on any atom is 0.287 e. The minimum absolute atomic E-state index is 0.123. The van der Waals surface area contributed by atoms with Crippen LogP contribution in [-0.2, 0) is 13.6 Å². The van der Waals surface area contributed by atoms with Gasteiger partial charge < -0.3 is 14.7 Å². The number of nitrogens with zero attached hydrogens (tertiary/aromatic N) is 3. The van der Waals surface area contributed by atoms with Crippen molar-refractivity contribution in [2.24, 2.45) is 7.05 Å². The Morgan fingerprint density at radius 3 is 2.52 bits per heavy atom. The van der Waals surface area contributed by atoms with E-state index < -0.39 is 6.10 Å². The van der Waals surface area contributed by atoms with Gasteiger partial charge in [-0.2, -0.15) is 5.10 Å². The van der Waals surface area contributed by atoms with Gasteiger partial charge in [-0.25, -0.2) is 4.68 Å². The number of aryl methyl sites for hydroxylation is 1. The first-order chi connectivity index (χ1) is 14.0. The fourth-order valence-corrected chi connectivity index (χ4v) is 3.37. The van der Waals surface area contributed by atoms with Crippen LogP contribution < -0.4 is 15.2 Å². The van der Waals surface area contributed by atoms with Crippen LogP contribution in [0.15, 0.2) is 65.6 Å². The zero-order valence-electron chi connectivity index (χ0n) is 16.5. The van der Waals surface area contributed by atoms with Gasteiger partial charge >= 0.3 is 0 Å². The lowest BCUT2D eigenvalue weighted by Crippen LogP contribution is -2.29. The summed E-state index contributed by atoms with van der Waals surface area (Å²) < 4.78 is 6.37. The molecule has 0 radical (unpaired) electrons. The molecule has 7 heteroatoms. The van der Waals surface area contributed by atoms with E-state index >= 15 is 0 Å².